The SMILES string of the molecule is CC.[2H]C([2H])([2H])OC(=O)c1cccc(O)c1. The summed E-state index contributed by atoms with van der Waals surface area (Å²) in [7, 11) is -2.76. The Morgan fingerprint density at radius 2 is 2.23 bits per heavy atom. The van der Waals surface area contributed by atoms with Gasteiger partial charge in [0.25, 0.3) is 0 Å². The standard InChI is InChI=1S/C8H8O3.C2H6/c1-11-8(10)6-3-2-4-7(9)5-6;1-2/h2-5,9H,1H3;1-2H3/i1D3;. The Morgan fingerprint density at radius 3 is 2.77 bits per heavy atom. The summed E-state index contributed by atoms with van der Waals surface area (Å²) in [6, 6.07) is 5.28. The Bertz CT molecular complexity index is 347. The molecular weight excluding hydrogens is 168 g/mol. The number of esters is 1. The highest BCUT2D eigenvalue weighted by atomic mass is 16.5. The van der Waals surface area contributed by atoms with E-state index in [-0.39, 0.29) is 11.3 Å². The van der Waals surface area contributed by atoms with Crippen molar-refractivity contribution in [1.29, 1.82) is 0 Å². The molecule has 0 spiro atoms. The summed E-state index contributed by atoms with van der Waals surface area (Å²) < 4.78 is 24.2. The average molecular weight is 185 g/mol. The molecule has 0 aliphatic carbocycles. The third-order valence-electron chi connectivity index (χ3n) is 1.17. The fraction of sp³-hybridized carbons (Fsp3) is 0.300. The minimum atomic E-state index is -2.76. The van der Waals surface area contributed by atoms with Crippen molar-refractivity contribution in [2.75, 3.05) is 7.04 Å². The molecule has 13 heavy (non-hydrogen) atoms. The number of carbonyl (C=O) groups excluding carboxylic acids is 1. The number of benzene rings is 1. The number of ether oxygens (including phenoxy) is 1. The monoisotopic (exact) mass is 185 g/mol. The first-order valence-electron chi connectivity index (χ1n) is 5.41. The highest BCUT2D eigenvalue weighted by Crippen LogP contribution is 2.11. The molecular formula is C10H14O3. The van der Waals surface area contributed by atoms with Crippen molar-refractivity contribution in [1.82, 2.24) is 0 Å². The van der Waals surface area contributed by atoms with Crippen LogP contribution in [0.25, 0.3) is 0 Å². The summed E-state index contributed by atoms with van der Waals surface area (Å²) in [6.45, 7) is 4.00. The highest BCUT2D eigenvalue weighted by molar-refractivity contribution is 5.89. The number of hydrogen-bond acceptors (Lipinski definition) is 3. The van der Waals surface area contributed by atoms with Crippen molar-refractivity contribution < 1.29 is 18.8 Å². The molecule has 0 amide bonds. The van der Waals surface area contributed by atoms with Gasteiger partial charge in [-0.25, -0.2) is 4.79 Å². The summed E-state index contributed by atoms with van der Waals surface area (Å²) >= 11 is 0. The quantitative estimate of drug-likeness (QED) is 0.682. The first kappa shape index (κ1) is 6.95. The predicted molar refractivity (Wildman–Crippen MR) is 50.8 cm³/mol. The summed E-state index contributed by atoms with van der Waals surface area (Å²) in [5.74, 6) is -1.11. The van der Waals surface area contributed by atoms with E-state index in [4.69, 9.17) is 9.22 Å². The van der Waals surface area contributed by atoms with Crippen LogP contribution in [0.3, 0.4) is 0 Å². The van der Waals surface area contributed by atoms with Gasteiger partial charge in [-0.2, -0.15) is 0 Å². The first-order chi connectivity index (χ1) is 7.38. The molecule has 1 aromatic rings. The van der Waals surface area contributed by atoms with Gasteiger partial charge in [0.05, 0.1) is 16.7 Å². The van der Waals surface area contributed by atoms with Crippen LogP contribution in [-0.2, 0) is 4.74 Å². The summed E-state index contributed by atoms with van der Waals surface area (Å²) in [6.07, 6.45) is 0. The zero-order chi connectivity index (χ0) is 12.8. The minimum absolute atomic E-state index is 0.00104. The molecule has 72 valence electrons. The molecule has 0 bridgehead atoms. The molecule has 3 nitrogen and oxygen atoms in total. The van der Waals surface area contributed by atoms with Gasteiger partial charge in [-0.05, 0) is 18.2 Å². The Kier molecular flexibility index (Phi) is 3.24. The first-order valence-corrected chi connectivity index (χ1v) is 3.91. The Morgan fingerprint density at radius 1 is 1.54 bits per heavy atom. The number of rotatable bonds is 1. The zero-order valence-corrected chi connectivity index (χ0v) is 7.57. The lowest BCUT2D eigenvalue weighted by Crippen LogP contribution is -1.99. The normalized spacial score (nSPS) is 12.6. The van der Waals surface area contributed by atoms with Gasteiger partial charge < -0.3 is 9.84 Å². The third-order valence-corrected chi connectivity index (χ3v) is 1.17. The molecule has 0 radical (unpaired) electrons. The number of phenols is 1. The van der Waals surface area contributed by atoms with E-state index in [1.165, 1.54) is 18.2 Å². The third kappa shape index (κ3) is 3.60. The van der Waals surface area contributed by atoms with E-state index in [0.717, 1.165) is 6.07 Å². The molecule has 0 aromatic heterocycles. The number of phenolic OH excluding ortho intramolecular Hbond substituents is 1. The second kappa shape index (κ2) is 6.06. The van der Waals surface area contributed by atoms with Gasteiger partial charge in [0.15, 0.2) is 0 Å². The van der Waals surface area contributed by atoms with E-state index >= 15 is 0 Å². The second-order valence-corrected chi connectivity index (χ2v) is 1.94. The molecule has 0 aliphatic heterocycles. The smallest absolute Gasteiger partial charge is 0.337 e. The van der Waals surface area contributed by atoms with Gasteiger partial charge in [0.1, 0.15) is 5.75 Å². The predicted octanol–water partition coefficient (Wildman–Crippen LogP) is 2.21. The average Bonchev–Trinajstić information content (AvgIpc) is 2.18. The highest BCUT2D eigenvalue weighted by Gasteiger charge is 2.03. The fourth-order valence-corrected chi connectivity index (χ4v) is 0.692. The molecule has 0 saturated carbocycles. The number of carbonyl (C=O) groups is 1. The van der Waals surface area contributed by atoms with E-state index in [2.05, 4.69) is 4.74 Å². The Labute approximate surface area is 82.2 Å². The largest absolute Gasteiger partial charge is 0.508 e. The van der Waals surface area contributed by atoms with Gasteiger partial charge in [-0.3, -0.25) is 0 Å². The van der Waals surface area contributed by atoms with E-state index in [1.54, 1.807) is 0 Å². The van der Waals surface area contributed by atoms with Crippen molar-refractivity contribution in [3.05, 3.63) is 29.8 Å². The molecule has 0 unspecified atom stereocenters. The van der Waals surface area contributed by atoms with Crippen LogP contribution in [0, 0.1) is 0 Å². The van der Waals surface area contributed by atoms with Crippen molar-refractivity contribution in [2.24, 2.45) is 0 Å². The fourth-order valence-electron chi connectivity index (χ4n) is 0.692. The van der Waals surface area contributed by atoms with Gasteiger partial charge >= 0.3 is 5.97 Å². The summed E-state index contributed by atoms with van der Waals surface area (Å²) in [4.78, 5) is 11.1. The number of methoxy groups -OCH3 is 1. The van der Waals surface area contributed by atoms with Crippen LogP contribution in [0.2, 0.25) is 0 Å². The van der Waals surface area contributed by atoms with E-state index in [9.17, 15) is 4.79 Å². The second-order valence-electron chi connectivity index (χ2n) is 1.94. The zero-order valence-electron chi connectivity index (χ0n) is 10.6. The van der Waals surface area contributed by atoms with Crippen LogP contribution < -0.4 is 0 Å². The topological polar surface area (TPSA) is 46.5 Å². The van der Waals surface area contributed by atoms with Crippen molar-refractivity contribution in [2.45, 2.75) is 13.8 Å². The van der Waals surface area contributed by atoms with E-state index in [1.807, 2.05) is 13.8 Å². The van der Waals surface area contributed by atoms with Crippen LogP contribution in [0.15, 0.2) is 24.3 Å². The van der Waals surface area contributed by atoms with Crippen molar-refractivity contribution >= 4 is 5.97 Å². The minimum Gasteiger partial charge on any atom is -0.508 e. The van der Waals surface area contributed by atoms with Crippen LogP contribution >= 0.6 is 0 Å². The summed E-state index contributed by atoms with van der Waals surface area (Å²) in [5, 5.41) is 9.01. The lowest BCUT2D eigenvalue weighted by Gasteiger charge is -1.97. The lowest BCUT2D eigenvalue weighted by molar-refractivity contribution is 0.0600. The Balaban J connectivity index is 0.00000106. The van der Waals surface area contributed by atoms with Gasteiger partial charge in [0, 0.05) is 0 Å². The molecule has 1 aromatic carbocycles. The number of hydrogen-bond donors (Lipinski definition) is 1. The molecule has 0 saturated heterocycles. The van der Waals surface area contributed by atoms with E-state index in [0.29, 0.717) is 0 Å². The maximum atomic E-state index is 11.1. The van der Waals surface area contributed by atoms with Crippen LogP contribution in [0.5, 0.6) is 5.75 Å². The summed E-state index contributed by atoms with van der Waals surface area (Å²) in [5.41, 5.74) is 0.00104. The maximum Gasteiger partial charge on any atom is 0.337 e. The van der Waals surface area contributed by atoms with Crippen molar-refractivity contribution in [3.63, 3.8) is 0 Å². The van der Waals surface area contributed by atoms with Gasteiger partial charge in [-0.15, -0.1) is 0 Å². The molecule has 0 fully saturated rings. The van der Waals surface area contributed by atoms with Crippen LogP contribution in [0.1, 0.15) is 28.3 Å². The Hall–Kier alpha value is -1.51. The van der Waals surface area contributed by atoms with Crippen LogP contribution in [0.4, 0.5) is 0 Å². The molecule has 0 atom stereocenters. The van der Waals surface area contributed by atoms with E-state index < -0.39 is 13.0 Å². The van der Waals surface area contributed by atoms with Gasteiger partial charge in [0.2, 0.25) is 0 Å². The van der Waals surface area contributed by atoms with Gasteiger partial charge in [-0.1, -0.05) is 19.9 Å². The molecule has 3 heteroatoms. The molecule has 1 N–H and O–H groups in total. The lowest BCUT2D eigenvalue weighted by atomic mass is 10.2. The maximum absolute atomic E-state index is 11.1. The number of aromatic hydroxyl groups is 1. The molecule has 0 heterocycles. The van der Waals surface area contributed by atoms with Crippen LogP contribution in [-0.4, -0.2) is 18.1 Å². The van der Waals surface area contributed by atoms with Crippen molar-refractivity contribution in [3.8, 4) is 5.75 Å². The molecule has 0 aliphatic rings. The molecule has 1 rings (SSSR count).